The second-order valence-electron chi connectivity index (χ2n) is 6.44. The van der Waals surface area contributed by atoms with Gasteiger partial charge < -0.3 is 0 Å². The Morgan fingerprint density at radius 2 is 1.85 bits per heavy atom. The normalized spacial score (nSPS) is 15.1. The summed E-state index contributed by atoms with van der Waals surface area (Å²) >= 11 is 6.06. The third-order valence-corrected chi connectivity index (χ3v) is 5.17. The van der Waals surface area contributed by atoms with Crippen LogP contribution in [0.4, 0.5) is 0 Å². The molecule has 3 aromatic rings. The zero-order valence-electron chi connectivity index (χ0n) is 14.7. The van der Waals surface area contributed by atoms with Gasteiger partial charge in [-0.15, -0.1) is 0 Å². The van der Waals surface area contributed by atoms with E-state index in [1.165, 1.54) is 5.57 Å². The molecule has 4 nitrogen and oxygen atoms in total. The quantitative estimate of drug-likeness (QED) is 0.716. The number of likely N-dealkylation sites (N-methyl/N-ethyl adjacent to an activating group) is 1. The van der Waals surface area contributed by atoms with Gasteiger partial charge in [0.1, 0.15) is 5.69 Å². The molecule has 2 aromatic heterocycles. The van der Waals surface area contributed by atoms with Gasteiger partial charge in [0.15, 0.2) is 0 Å². The molecule has 4 rings (SSSR count). The zero-order valence-corrected chi connectivity index (χ0v) is 15.5. The van der Waals surface area contributed by atoms with Crippen molar-refractivity contribution in [3.05, 3.63) is 65.6 Å². The summed E-state index contributed by atoms with van der Waals surface area (Å²) in [4.78, 5) is 6.60. The number of benzene rings is 1. The number of H-pyrrole nitrogens is 1. The summed E-state index contributed by atoms with van der Waals surface area (Å²) in [5.74, 6) is 0. The molecule has 0 amide bonds. The number of nitrogens with zero attached hydrogens (tertiary/aromatic N) is 3. The number of hydrogen-bond acceptors (Lipinski definition) is 3. The summed E-state index contributed by atoms with van der Waals surface area (Å²) in [5.41, 5.74) is 6.68. The standard InChI is InChI=1S/C21H21ClN4/c1-2-26-13-9-17(10-14-26)21-19(15-7-11-23-12-8-15)20(24-25-21)16-3-5-18(22)6-4-16/h3-9,11-12H,2,10,13-14H2,1H3,(H,24,25). The van der Waals surface area contributed by atoms with Crippen LogP contribution in [0, 0.1) is 0 Å². The fraction of sp³-hybridized carbons (Fsp3) is 0.238. The van der Waals surface area contributed by atoms with Crippen molar-refractivity contribution in [3.8, 4) is 22.4 Å². The molecule has 0 saturated heterocycles. The van der Waals surface area contributed by atoms with Gasteiger partial charge in [-0.3, -0.25) is 15.0 Å². The van der Waals surface area contributed by atoms with Gasteiger partial charge in [-0.05, 0) is 48.4 Å². The largest absolute Gasteiger partial charge is 0.300 e. The Balaban J connectivity index is 1.83. The average Bonchev–Trinajstić information content (AvgIpc) is 3.14. The maximum atomic E-state index is 6.06. The Labute approximate surface area is 158 Å². The molecule has 0 atom stereocenters. The molecule has 1 N–H and O–H groups in total. The summed E-state index contributed by atoms with van der Waals surface area (Å²) in [7, 11) is 0. The van der Waals surface area contributed by atoms with Crippen LogP contribution in [-0.4, -0.2) is 39.7 Å². The van der Waals surface area contributed by atoms with Gasteiger partial charge >= 0.3 is 0 Å². The molecule has 132 valence electrons. The summed E-state index contributed by atoms with van der Waals surface area (Å²) < 4.78 is 0. The molecule has 0 radical (unpaired) electrons. The van der Waals surface area contributed by atoms with Crippen LogP contribution in [0.3, 0.4) is 0 Å². The highest BCUT2D eigenvalue weighted by Crippen LogP contribution is 2.37. The number of pyridine rings is 1. The second-order valence-corrected chi connectivity index (χ2v) is 6.87. The van der Waals surface area contributed by atoms with Crippen LogP contribution in [0.25, 0.3) is 28.0 Å². The molecule has 1 aromatic carbocycles. The number of halogens is 1. The van der Waals surface area contributed by atoms with Gasteiger partial charge in [0.2, 0.25) is 0 Å². The minimum absolute atomic E-state index is 0.726. The van der Waals surface area contributed by atoms with Crippen molar-refractivity contribution in [2.45, 2.75) is 13.3 Å². The number of rotatable bonds is 4. The molecule has 3 heterocycles. The Morgan fingerprint density at radius 1 is 1.08 bits per heavy atom. The number of nitrogens with one attached hydrogen (secondary N) is 1. The highest BCUT2D eigenvalue weighted by atomic mass is 35.5. The van der Waals surface area contributed by atoms with Gasteiger partial charge in [0.05, 0.1) is 5.69 Å². The molecule has 0 bridgehead atoms. The minimum Gasteiger partial charge on any atom is -0.300 e. The van der Waals surface area contributed by atoms with E-state index in [1.807, 2.05) is 48.8 Å². The van der Waals surface area contributed by atoms with E-state index in [0.29, 0.717) is 0 Å². The van der Waals surface area contributed by atoms with Crippen molar-refractivity contribution in [1.82, 2.24) is 20.1 Å². The van der Waals surface area contributed by atoms with E-state index in [9.17, 15) is 0 Å². The first-order valence-electron chi connectivity index (χ1n) is 8.92. The van der Waals surface area contributed by atoms with E-state index in [4.69, 9.17) is 11.6 Å². The predicted molar refractivity (Wildman–Crippen MR) is 107 cm³/mol. The molecule has 0 spiro atoms. The maximum Gasteiger partial charge on any atom is 0.101 e. The van der Waals surface area contributed by atoms with Crippen molar-refractivity contribution in [3.63, 3.8) is 0 Å². The molecule has 1 aliphatic heterocycles. The number of aromatic amines is 1. The lowest BCUT2D eigenvalue weighted by molar-refractivity contribution is 0.318. The molecule has 0 aliphatic carbocycles. The summed E-state index contributed by atoms with van der Waals surface area (Å²) in [6, 6.07) is 11.9. The lowest BCUT2D eigenvalue weighted by atomic mass is 9.94. The molecule has 5 heteroatoms. The van der Waals surface area contributed by atoms with Crippen molar-refractivity contribution in [2.75, 3.05) is 19.6 Å². The molecule has 1 aliphatic rings. The van der Waals surface area contributed by atoms with Crippen LogP contribution in [0.5, 0.6) is 0 Å². The van der Waals surface area contributed by atoms with Crippen LogP contribution < -0.4 is 0 Å². The summed E-state index contributed by atoms with van der Waals surface area (Å²) in [6.45, 7) is 5.35. The van der Waals surface area contributed by atoms with Gasteiger partial charge in [0.25, 0.3) is 0 Å². The van der Waals surface area contributed by atoms with Crippen LogP contribution in [0.1, 0.15) is 19.0 Å². The van der Waals surface area contributed by atoms with E-state index < -0.39 is 0 Å². The van der Waals surface area contributed by atoms with Crippen molar-refractivity contribution >= 4 is 17.2 Å². The SMILES string of the molecule is CCN1CC=C(c2[nH]nc(-c3ccc(Cl)cc3)c2-c2ccncc2)CC1. The van der Waals surface area contributed by atoms with Gasteiger partial charge in [0, 0.05) is 41.6 Å². The topological polar surface area (TPSA) is 44.8 Å². The van der Waals surface area contributed by atoms with Crippen molar-refractivity contribution in [1.29, 1.82) is 0 Å². The van der Waals surface area contributed by atoms with Crippen LogP contribution >= 0.6 is 11.6 Å². The molecular weight excluding hydrogens is 344 g/mol. The van der Waals surface area contributed by atoms with E-state index in [0.717, 1.165) is 59.2 Å². The first kappa shape index (κ1) is 17.0. The van der Waals surface area contributed by atoms with Gasteiger partial charge in [-0.2, -0.15) is 5.10 Å². The van der Waals surface area contributed by atoms with Crippen LogP contribution in [-0.2, 0) is 0 Å². The van der Waals surface area contributed by atoms with E-state index in [-0.39, 0.29) is 0 Å². The number of aromatic nitrogens is 3. The lowest BCUT2D eigenvalue weighted by Crippen LogP contribution is -2.28. The highest BCUT2D eigenvalue weighted by Gasteiger charge is 2.21. The Hall–Kier alpha value is -2.43. The Kier molecular flexibility index (Phi) is 4.87. The maximum absolute atomic E-state index is 6.06. The first-order valence-corrected chi connectivity index (χ1v) is 9.30. The molecule has 0 unspecified atom stereocenters. The van der Waals surface area contributed by atoms with Crippen LogP contribution in [0.15, 0.2) is 54.9 Å². The van der Waals surface area contributed by atoms with Gasteiger partial charge in [-0.1, -0.05) is 36.7 Å². The number of hydrogen-bond donors (Lipinski definition) is 1. The molecule has 26 heavy (non-hydrogen) atoms. The summed E-state index contributed by atoms with van der Waals surface area (Å²) in [5, 5.41) is 8.69. The van der Waals surface area contributed by atoms with E-state index in [1.54, 1.807) is 0 Å². The highest BCUT2D eigenvalue weighted by molar-refractivity contribution is 6.30. The van der Waals surface area contributed by atoms with Gasteiger partial charge in [-0.25, -0.2) is 0 Å². The molecule has 0 fully saturated rings. The fourth-order valence-corrected chi connectivity index (χ4v) is 3.54. The summed E-state index contributed by atoms with van der Waals surface area (Å²) in [6.07, 6.45) is 6.99. The van der Waals surface area contributed by atoms with E-state index in [2.05, 4.69) is 33.1 Å². The average molecular weight is 365 g/mol. The monoisotopic (exact) mass is 364 g/mol. The predicted octanol–water partition coefficient (Wildman–Crippen LogP) is 4.90. The fourth-order valence-electron chi connectivity index (χ4n) is 3.42. The second kappa shape index (κ2) is 7.44. The minimum atomic E-state index is 0.726. The van der Waals surface area contributed by atoms with Crippen LogP contribution in [0.2, 0.25) is 5.02 Å². The first-order chi connectivity index (χ1) is 12.8. The van der Waals surface area contributed by atoms with Crippen molar-refractivity contribution < 1.29 is 0 Å². The molecule has 0 saturated carbocycles. The van der Waals surface area contributed by atoms with Crippen molar-refractivity contribution in [2.24, 2.45) is 0 Å². The smallest absolute Gasteiger partial charge is 0.101 e. The lowest BCUT2D eigenvalue weighted by Gasteiger charge is -2.24. The Bertz CT molecular complexity index is 913. The Morgan fingerprint density at radius 3 is 2.50 bits per heavy atom. The zero-order chi connectivity index (χ0) is 17.9. The third kappa shape index (κ3) is 3.30. The third-order valence-electron chi connectivity index (χ3n) is 4.91. The van der Waals surface area contributed by atoms with E-state index >= 15 is 0 Å². The molecular formula is C21H21ClN4.